The second-order valence-corrected chi connectivity index (χ2v) is 11.7. The molecule has 4 aromatic rings. The molecule has 2 aliphatic heterocycles. The number of hydrogen-bond donors (Lipinski definition) is 0. The normalized spacial score (nSPS) is 19.1. The molecule has 0 bridgehead atoms. The van der Waals surface area contributed by atoms with Crippen molar-refractivity contribution in [1.29, 1.82) is 0 Å². The minimum atomic E-state index is -3.10. The lowest BCUT2D eigenvalue weighted by Crippen LogP contribution is -2.36. The van der Waals surface area contributed by atoms with Gasteiger partial charge >= 0.3 is 0 Å². The fourth-order valence-electron chi connectivity index (χ4n) is 5.30. The highest BCUT2D eigenvalue weighted by Crippen LogP contribution is 2.33. The molecule has 4 heterocycles. The Hall–Kier alpha value is -3.52. The van der Waals surface area contributed by atoms with Crippen LogP contribution in [0.25, 0.3) is 22.3 Å². The van der Waals surface area contributed by atoms with E-state index in [1.165, 1.54) is 11.1 Å². The molecule has 1 amide bonds. The van der Waals surface area contributed by atoms with Crippen LogP contribution in [0.1, 0.15) is 39.6 Å². The van der Waals surface area contributed by atoms with Crippen LogP contribution in [0.15, 0.2) is 60.7 Å². The molecule has 0 radical (unpaired) electrons. The molecule has 0 N–H and O–H groups in total. The van der Waals surface area contributed by atoms with Crippen LogP contribution in [0.4, 0.5) is 0 Å². The average molecular weight is 487 g/mol. The monoisotopic (exact) mass is 486 g/mol. The standard InChI is InChI=1S/C27H26N4O3S/c1-18-25-23(27(32)30-13-11-19-7-5-6-10-21(19)16-30)15-24(20-8-3-2-4-9-20)28-26(25)31(29-18)22-12-14-35(33,34)17-22/h2-10,15,22H,11-14,16-17H2,1H3/t22-/m1/s1. The number of amides is 1. The molecular formula is C27H26N4O3S. The molecule has 2 aromatic carbocycles. The SMILES string of the molecule is Cc1nn([C@@H]2CCS(=O)(=O)C2)c2nc(-c3ccccc3)cc(C(=O)N3CCc4ccccc4C3)c12. The first-order chi connectivity index (χ1) is 16.9. The van der Waals surface area contributed by atoms with Gasteiger partial charge < -0.3 is 4.90 Å². The first-order valence-electron chi connectivity index (χ1n) is 11.9. The summed E-state index contributed by atoms with van der Waals surface area (Å²) in [6, 6.07) is 19.6. The van der Waals surface area contributed by atoms with E-state index in [9.17, 15) is 13.2 Å². The summed E-state index contributed by atoms with van der Waals surface area (Å²) in [7, 11) is -3.10. The van der Waals surface area contributed by atoms with Crippen LogP contribution < -0.4 is 0 Å². The van der Waals surface area contributed by atoms with E-state index in [2.05, 4.69) is 12.1 Å². The molecule has 1 saturated heterocycles. The van der Waals surface area contributed by atoms with Crippen LogP contribution in [0.5, 0.6) is 0 Å². The maximum Gasteiger partial charge on any atom is 0.255 e. The van der Waals surface area contributed by atoms with Gasteiger partial charge in [-0.1, -0.05) is 54.6 Å². The van der Waals surface area contributed by atoms with Gasteiger partial charge in [-0.05, 0) is 37.0 Å². The van der Waals surface area contributed by atoms with Crippen molar-refractivity contribution < 1.29 is 13.2 Å². The third-order valence-corrected chi connectivity index (χ3v) is 8.86. The van der Waals surface area contributed by atoms with Gasteiger partial charge in [0.1, 0.15) is 0 Å². The van der Waals surface area contributed by atoms with E-state index in [1.54, 1.807) is 4.68 Å². The van der Waals surface area contributed by atoms with Gasteiger partial charge in [-0.2, -0.15) is 5.10 Å². The minimum Gasteiger partial charge on any atom is -0.334 e. The van der Waals surface area contributed by atoms with E-state index in [0.717, 1.165) is 12.0 Å². The zero-order chi connectivity index (χ0) is 24.2. The van der Waals surface area contributed by atoms with Gasteiger partial charge in [0.05, 0.1) is 39.9 Å². The van der Waals surface area contributed by atoms with Crippen molar-refractivity contribution >= 4 is 26.8 Å². The molecule has 1 fully saturated rings. The number of hydrogen-bond acceptors (Lipinski definition) is 5. The minimum absolute atomic E-state index is 0.0483. The Morgan fingerprint density at radius 3 is 2.51 bits per heavy atom. The summed E-state index contributed by atoms with van der Waals surface area (Å²) in [6.07, 6.45) is 1.32. The lowest BCUT2D eigenvalue weighted by atomic mass is 9.98. The van der Waals surface area contributed by atoms with Gasteiger partial charge in [0.25, 0.3) is 5.91 Å². The van der Waals surface area contributed by atoms with Crippen molar-refractivity contribution in [3.63, 3.8) is 0 Å². The fourth-order valence-corrected chi connectivity index (χ4v) is 6.99. The number of sulfone groups is 1. The van der Waals surface area contributed by atoms with E-state index < -0.39 is 9.84 Å². The molecule has 2 aliphatic rings. The van der Waals surface area contributed by atoms with Crippen molar-refractivity contribution in [3.8, 4) is 11.3 Å². The molecule has 0 spiro atoms. The quantitative estimate of drug-likeness (QED) is 0.438. The molecule has 0 unspecified atom stereocenters. The lowest BCUT2D eigenvalue weighted by Gasteiger charge is -2.29. The summed E-state index contributed by atoms with van der Waals surface area (Å²) < 4.78 is 26.2. The zero-order valence-electron chi connectivity index (χ0n) is 19.5. The third-order valence-electron chi connectivity index (χ3n) is 7.11. The lowest BCUT2D eigenvalue weighted by molar-refractivity contribution is 0.0736. The van der Waals surface area contributed by atoms with Crippen LogP contribution in [0, 0.1) is 6.92 Å². The Bertz CT molecular complexity index is 1560. The van der Waals surface area contributed by atoms with E-state index in [-0.39, 0.29) is 23.5 Å². The number of carbonyl (C=O) groups is 1. The predicted octanol–water partition coefficient (Wildman–Crippen LogP) is 3.96. The third kappa shape index (κ3) is 3.91. The number of aromatic nitrogens is 3. The van der Waals surface area contributed by atoms with Crippen LogP contribution in [-0.4, -0.2) is 52.0 Å². The van der Waals surface area contributed by atoms with Gasteiger partial charge in [0.2, 0.25) is 0 Å². The Balaban J connectivity index is 1.50. The Labute approximate surface area is 204 Å². The van der Waals surface area contributed by atoms with Gasteiger partial charge in [0, 0.05) is 18.7 Å². The number of fused-ring (bicyclic) bond motifs is 2. The summed E-state index contributed by atoms with van der Waals surface area (Å²) in [4.78, 5) is 20.8. The number of aryl methyl sites for hydroxylation is 1. The largest absolute Gasteiger partial charge is 0.334 e. The molecule has 8 heteroatoms. The van der Waals surface area contributed by atoms with Crippen LogP contribution in [0.3, 0.4) is 0 Å². The maximum absolute atomic E-state index is 14.0. The molecule has 0 saturated carbocycles. The summed E-state index contributed by atoms with van der Waals surface area (Å²) in [5.41, 5.74) is 5.87. The second-order valence-electron chi connectivity index (χ2n) is 9.45. The van der Waals surface area contributed by atoms with Gasteiger partial charge in [0.15, 0.2) is 15.5 Å². The first-order valence-corrected chi connectivity index (χ1v) is 13.7. The van der Waals surface area contributed by atoms with Crippen molar-refractivity contribution in [2.45, 2.75) is 32.4 Å². The first kappa shape index (κ1) is 22.0. The molecule has 178 valence electrons. The average Bonchev–Trinajstić information content (AvgIpc) is 3.41. The summed E-state index contributed by atoms with van der Waals surface area (Å²) in [5.74, 6) is 0.146. The number of rotatable bonds is 3. The second kappa shape index (κ2) is 8.30. The predicted molar refractivity (Wildman–Crippen MR) is 135 cm³/mol. The fraction of sp³-hybridized carbons (Fsp3) is 0.296. The van der Waals surface area contributed by atoms with Gasteiger partial charge in [-0.25, -0.2) is 18.1 Å². The molecule has 0 aliphatic carbocycles. The van der Waals surface area contributed by atoms with E-state index in [4.69, 9.17) is 10.1 Å². The maximum atomic E-state index is 14.0. The van der Waals surface area contributed by atoms with Crippen molar-refractivity contribution in [1.82, 2.24) is 19.7 Å². The van der Waals surface area contributed by atoms with Crippen molar-refractivity contribution in [3.05, 3.63) is 83.0 Å². The van der Waals surface area contributed by atoms with E-state index in [1.807, 2.05) is 60.4 Å². The molecular weight excluding hydrogens is 460 g/mol. The van der Waals surface area contributed by atoms with Crippen molar-refractivity contribution in [2.75, 3.05) is 18.1 Å². The van der Waals surface area contributed by atoms with E-state index in [0.29, 0.717) is 47.5 Å². The Morgan fingerprint density at radius 1 is 1.03 bits per heavy atom. The number of pyridine rings is 1. The van der Waals surface area contributed by atoms with Crippen LogP contribution in [0.2, 0.25) is 0 Å². The summed E-state index contributed by atoms with van der Waals surface area (Å²) in [5, 5.41) is 5.42. The Morgan fingerprint density at radius 2 is 1.77 bits per heavy atom. The highest BCUT2D eigenvalue weighted by Gasteiger charge is 2.33. The summed E-state index contributed by atoms with van der Waals surface area (Å²) in [6.45, 7) is 3.08. The highest BCUT2D eigenvalue weighted by molar-refractivity contribution is 7.91. The Kier molecular flexibility index (Phi) is 5.21. The molecule has 6 rings (SSSR count). The van der Waals surface area contributed by atoms with E-state index >= 15 is 0 Å². The number of nitrogens with zero attached hydrogens (tertiary/aromatic N) is 4. The highest BCUT2D eigenvalue weighted by atomic mass is 32.2. The van der Waals surface area contributed by atoms with Gasteiger partial charge in [-0.3, -0.25) is 4.79 Å². The van der Waals surface area contributed by atoms with Crippen LogP contribution >= 0.6 is 0 Å². The smallest absolute Gasteiger partial charge is 0.255 e. The molecule has 35 heavy (non-hydrogen) atoms. The number of carbonyl (C=O) groups excluding carboxylic acids is 1. The topological polar surface area (TPSA) is 85.2 Å². The van der Waals surface area contributed by atoms with Crippen LogP contribution in [-0.2, 0) is 22.8 Å². The molecule has 1 atom stereocenters. The summed E-state index contributed by atoms with van der Waals surface area (Å²) >= 11 is 0. The zero-order valence-corrected chi connectivity index (χ0v) is 20.3. The van der Waals surface area contributed by atoms with Crippen molar-refractivity contribution in [2.24, 2.45) is 0 Å². The molecule has 7 nitrogen and oxygen atoms in total. The molecule has 2 aromatic heterocycles. The number of benzene rings is 2. The van der Waals surface area contributed by atoms with Gasteiger partial charge in [-0.15, -0.1) is 0 Å².